The largest absolute Gasteiger partial charge is 0.494 e. The van der Waals surface area contributed by atoms with Crippen molar-refractivity contribution in [3.8, 4) is 28.3 Å². The Balaban J connectivity index is 1.40. The minimum Gasteiger partial charge on any atom is -0.494 e. The number of hydrogen-bond acceptors (Lipinski definition) is 7. The Morgan fingerprint density at radius 2 is 1.49 bits per heavy atom. The predicted molar refractivity (Wildman–Crippen MR) is 196 cm³/mol. The lowest BCUT2D eigenvalue weighted by Gasteiger charge is -2.19. The Labute approximate surface area is 294 Å². The summed E-state index contributed by atoms with van der Waals surface area (Å²) in [6.45, 7) is 10.9. The van der Waals surface area contributed by atoms with Crippen LogP contribution < -0.4 is 10.1 Å². The summed E-state index contributed by atoms with van der Waals surface area (Å²) >= 11 is 1.46. The molecule has 1 amide bonds. The van der Waals surface area contributed by atoms with E-state index in [0.717, 1.165) is 45.9 Å². The monoisotopic (exact) mass is 683 g/mol. The number of nitrogens with zero attached hydrogens (tertiary/aromatic N) is 2. The van der Waals surface area contributed by atoms with Gasteiger partial charge in [-0.05, 0) is 60.6 Å². The van der Waals surface area contributed by atoms with Gasteiger partial charge in [0.05, 0.1) is 17.9 Å². The zero-order chi connectivity index (χ0) is 35.4. The highest BCUT2D eigenvalue weighted by Crippen LogP contribution is 2.31. The third kappa shape index (κ3) is 11.6. The van der Waals surface area contributed by atoms with E-state index in [9.17, 15) is 14.4 Å². The maximum absolute atomic E-state index is 13.3. The summed E-state index contributed by atoms with van der Waals surface area (Å²) in [6.07, 6.45) is 9.79. The molecule has 0 fully saturated rings. The van der Waals surface area contributed by atoms with Gasteiger partial charge in [0, 0.05) is 46.8 Å². The van der Waals surface area contributed by atoms with Crippen LogP contribution in [-0.4, -0.2) is 45.4 Å². The first-order chi connectivity index (χ1) is 23.4. The number of aliphatic carboxylic acids is 1. The summed E-state index contributed by atoms with van der Waals surface area (Å²) < 4.78 is 5.89. The lowest BCUT2D eigenvalue weighted by Crippen LogP contribution is -2.39. The van der Waals surface area contributed by atoms with Gasteiger partial charge in [-0.2, -0.15) is 0 Å². The molecule has 0 unspecified atom stereocenters. The van der Waals surface area contributed by atoms with Crippen LogP contribution >= 0.6 is 11.3 Å². The van der Waals surface area contributed by atoms with Gasteiger partial charge in [0.2, 0.25) is 5.91 Å². The summed E-state index contributed by atoms with van der Waals surface area (Å²) in [7, 11) is 0. The lowest BCUT2D eigenvalue weighted by molar-refractivity contribution is -0.137. The molecule has 260 valence electrons. The Morgan fingerprint density at radius 3 is 2.10 bits per heavy atom. The molecule has 8 nitrogen and oxygen atoms in total. The van der Waals surface area contributed by atoms with Crippen molar-refractivity contribution in [3.05, 3.63) is 88.4 Å². The SMILES string of the molecule is CCCCCCCOc1ccc(-c2cnc(-c3ccc(C[C@H](CC(=O)c4ccc(C(C)(C)C)s4)C(=O)N[C@H](C)CC(=O)O)cc3)nc2)cc1. The number of Topliss-reactive ketones (excluding diaryl/α,β-unsaturated/α-hetero) is 1. The van der Waals surface area contributed by atoms with Crippen molar-refractivity contribution in [2.75, 3.05) is 6.61 Å². The molecule has 0 saturated carbocycles. The van der Waals surface area contributed by atoms with Gasteiger partial charge < -0.3 is 15.2 Å². The number of amides is 1. The number of unbranched alkanes of at least 4 members (excludes halogenated alkanes) is 4. The predicted octanol–water partition coefficient (Wildman–Crippen LogP) is 8.93. The van der Waals surface area contributed by atoms with Crippen LogP contribution in [0.15, 0.2) is 73.1 Å². The molecular weight excluding hydrogens is 635 g/mol. The quantitative estimate of drug-likeness (QED) is 0.0794. The fourth-order valence-electron chi connectivity index (χ4n) is 5.49. The van der Waals surface area contributed by atoms with Crippen LogP contribution in [0, 0.1) is 5.92 Å². The van der Waals surface area contributed by atoms with Crippen LogP contribution in [0.1, 0.15) is 99.7 Å². The van der Waals surface area contributed by atoms with Gasteiger partial charge in [-0.1, -0.05) is 89.8 Å². The number of carboxylic acids is 1. The average molecular weight is 684 g/mol. The summed E-state index contributed by atoms with van der Waals surface area (Å²) in [5.41, 5.74) is 3.54. The second-order valence-corrected chi connectivity index (χ2v) is 14.8. The van der Waals surface area contributed by atoms with Crippen molar-refractivity contribution >= 4 is 29.0 Å². The summed E-state index contributed by atoms with van der Waals surface area (Å²) in [6, 6.07) is 18.9. The maximum atomic E-state index is 13.3. The van der Waals surface area contributed by atoms with Gasteiger partial charge >= 0.3 is 5.97 Å². The first kappa shape index (κ1) is 37.4. The van der Waals surface area contributed by atoms with Gasteiger partial charge in [0.25, 0.3) is 0 Å². The van der Waals surface area contributed by atoms with Gasteiger partial charge in [0.15, 0.2) is 11.6 Å². The minimum absolute atomic E-state index is 0.0220. The second-order valence-electron chi connectivity index (χ2n) is 13.7. The fraction of sp³-hybridized carbons (Fsp3) is 0.425. The van der Waals surface area contributed by atoms with Crippen molar-refractivity contribution in [3.63, 3.8) is 0 Å². The molecule has 0 aliphatic rings. The van der Waals surface area contributed by atoms with Crippen molar-refractivity contribution in [2.45, 2.75) is 97.4 Å². The molecule has 2 aromatic carbocycles. The number of aromatic nitrogens is 2. The standard InChI is InChI=1S/C40H49N3O5S/c1-6-7-8-9-10-21-48-33-17-15-29(16-18-33)32-25-41-38(42-26-32)30-13-11-28(12-14-30)23-31(39(47)43-27(2)22-37(45)46)24-34(44)35-19-20-36(49-35)40(3,4)5/h11-20,25-27,31H,6-10,21-24H2,1-5H3,(H,43,47)(H,45,46)/t27-,31-/m1/s1. The Kier molecular flexibility index (Phi) is 13.6. The number of ketones is 1. The van der Waals surface area contributed by atoms with E-state index in [4.69, 9.17) is 9.84 Å². The Hall–Kier alpha value is -4.37. The second kappa shape index (κ2) is 17.9. The van der Waals surface area contributed by atoms with Crippen LogP contribution in [-0.2, 0) is 21.4 Å². The van der Waals surface area contributed by atoms with E-state index in [1.165, 1.54) is 37.0 Å². The molecule has 2 heterocycles. The molecule has 2 atom stereocenters. The number of hydrogen-bond donors (Lipinski definition) is 2. The molecule has 4 rings (SSSR count). The maximum Gasteiger partial charge on any atom is 0.305 e. The highest BCUT2D eigenvalue weighted by Gasteiger charge is 2.26. The number of carbonyl (C=O) groups excluding carboxylic acids is 2. The number of carbonyl (C=O) groups is 3. The zero-order valence-electron chi connectivity index (χ0n) is 29.3. The van der Waals surface area contributed by atoms with E-state index in [1.54, 1.807) is 19.3 Å². The van der Waals surface area contributed by atoms with Crippen LogP contribution in [0.25, 0.3) is 22.5 Å². The van der Waals surface area contributed by atoms with Gasteiger partial charge in [-0.3, -0.25) is 14.4 Å². The van der Waals surface area contributed by atoms with E-state index in [1.807, 2.05) is 60.7 Å². The van der Waals surface area contributed by atoms with Gasteiger partial charge in [-0.25, -0.2) is 9.97 Å². The average Bonchev–Trinajstić information content (AvgIpc) is 3.58. The third-order valence-corrected chi connectivity index (χ3v) is 9.89. The van der Waals surface area contributed by atoms with Crippen molar-refractivity contribution in [2.24, 2.45) is 5.92 Å². The zero-order valence-corrected chi connectivity index (χ0v) is 30.1. The molecule has 2 N–H and O–H groups in total. The first-order valence-corrected chi connectivity index (χ1v) is 18.0. The first-order valence-electron chi connectivity index (χ1n) is 17.2. The number of carboxylic acid groups (broad SMARTS) is 1. The van der Waals surface area contributed by atoms with E-state index < -0.39 is 17.9 Å². The number of rotatable bonds is 18. The summed E-state index contributed by atoms with van der Waals surface area (Å²) in [5.74, 6) is -0.648. The summed E-state index contributed by atoms with van der Waals surface area (Å²) in [5, 5.41) is 12.0. The van der Waals surface area contributed by atoms with Crippen LogP contribution in [0.4, 0.5) is 0 Å². The molecule has 49 heavy (non-hydrogen) atoms. The van der Waals surface area contributed by atoms with Crippen molar-refractivity contribution in [1.29, 1.82) is 0 Å². The molecule has 4 aromatic rings. The molecule has 9 heteroatoms. The number of nitrogens with one attached hydrogen (secondary N) is 1. The molecule has 0 spiro atoms. The molecule has 0 saturated heterocycles. The van der Waals surface area contributed by atoms with Crippen LogP contribution in [0.5, 0.6) is 5.75 Å². The molecule has 0 aliphatic heterocycles. The molecule has 2 aromatic heterocycles. The molecule has 0 radical (unpaired) electrons. The topological polar surface area (TPSA) is 118 Å². The normalized spacial score (nSPS) is 12.7. The van der Waals surface area contributed by atoms with E-state index in [0.29, 0.717) is 17.1 Å². The van der Waals surface area contributed by atoms with Gasteiger partial charge in [-0.15, -0.1) is 11.3 Å². The van der Waals surface area contributed by atoms with E-state index in [2.05, 4.69) is 43.0 Å². The van der Waals surface area contributed by atoms with Crippen LogP contribution in [0.2, 0.25) is 0 Å². The molecule has 0 bridgehead atoms. The molecule has 0 aliphatic carbocycles. The summed E-state index contributed by atoms with van der Waals surface area (Å²) in [4.78, 5) is 48.8. The number of ether oxygens (including phenoxy) is 1. The smallest absolute Gasteiger partial charge is 0.305 e. The molecular formula is C40H49N3O5S. The highest BCUT2D eigenvalue weighted by atomic mass is 32.1. The minimum atomic E-state index is -0.995. The van der Waals surface area contributed by atoms with Crippen LogP contribution in [0.3, 0.4) is 0 Å². The van der Waals surface area contributed by atoms with E-state index in [-0.39, 0.29) is 29.9 Å². The van der Waals surface area contributed by atoms with Gasteiger partial charge in [0.1, 0.15) is 5.75 Å². The Morgan fingerprint density at radius 1 is 0.837 bits per heavy atom. The van der Waals surface area contributed by atoms with Crippen molar-refractivity contribution < 1.29 is 24.2 Å². The van der Waals surface area contributed by atoms with Crippen molar-refractivity contribution in [1.82, 2.24) is 15.3 Å². The highest BCUT2D eigenvalue weighted by molar-refractivity contribution is 7.14. The lowest BCUT2D eigenvalue weighted by atomic mass is 9.92. The Bertz CT molecular complexity index is 1660. The third-order valence-electron chi connectivity index (χ3n) is 8.34. The number of thiophene rings is 1. The van der Waals surface area contributed by atoms with E-state index >= 15 is 0 Å². The number of benzene rings is 2. The fourth-order valence-corrected chi connectivity index (χ4v) is 6.50.